The highest BCUT2D eigenvalue weighted by Crippen LogP contribution is 2.40. The Bertz CT molecular complexity index is 1070. The van der Waals surface area contributed by atoms with E-state index in [0.717, 1.165) is 19.4 Å². The molecule has 3 aromatic rings. The van der Waals surface area contributed by atoms with Crippen LogP contribution in [0, 0.1) is 5.92 Å². The van der Waals surface area contributed by atoms with Gasteiger partial charge < -0.3 is 15.7 Å². The van der Waals surface area contributed by atoms with Gasteiger partial charge in [-0.05, 0) is 72.5 Å². The van der Waals surface area contributed by atoms with Gasteiger partial charge >= 0.3 is 0 Å². The summed E-state index contributed by atoms with van der Waals surface area (Å²) in [6, 6.07) is 25.4. The molecule has 0 bridgehead atoms. The van der Waals surface area contributed by atoms with E-state index in [2.05, 4.69) is 84.3 Å². The molecule has 3 atom stereocenters. The van der Waals surface area contributed by atoms with Gasteiger partial charge in [0, 0.05) is 17.6 Å². The predicted molar refractivity (Wildman–Crippen MR) is 137 cm³/mol. The molecule has 1 aliphatic heterocycles. The Morgan fingerprint density at radius 1 is 1.00 bits per heavy atom. The van der Waals surface area contributed by atoms with E-state index < -0.39 is 0 Å². The van der Waals surface area contributed by atoms with Gasteiger partial charge in [-0.2, -0.15) is 0 Å². The minimum absolute atomic E-state index is 0.0339. The average molecular weight is 443 g/mol. The third kappa shape index (κ3) is 4.87. The maximum atomic E-state index is 9.47. The highest BCUT2D eigenvalue weighted by molar-refractivity contribution is 5.86. The Morgan fingerprint density at radius 2 is 1.79 bits per heavy atom. The first-order chi connectivity index (χ1) is 16.2. The van der Waals surface area contributed by atoms with Crippen LogP contribution in [-0.4, -0.2) is 24.3 Å². The summed E-state index contributed by atoms with van der Waals surface area (Å²) in [5, 5.41) is 19.7. The molecule has 0 amide bonds. The van der Waals surface area contributed by atoms with Gasteiger partial charge in [-0.25, -0.2) is 0 Å². The van der Waals surface area contributed by atoms with E-state index >= 15 is 0 Å². The number of fused-ring (bicyclic) bond motifs is 1. The fourth-order valence-electron chi connectivity index (χ4n) is 6.32. The number of rotatable bonds is 7. The van der Waals surface area contributed by atoms with Crippen LogP contribution in [0.5, 0.6) is 0 Å². The molecule has 174 valence electrons. The van der Waals surface area contributed by atoms with E-state index in [1.54, 1.807) is 0 Å². The van der Waals surface area contributed by atoms with E-state index in [1.165, 1.54) is 59.6 Å². The van der Waals surface area contributed by atoms with Gasteiger partial charge in [-0.1, -0.05) is 86.0 Å². The van der Waals surface area contributed by atoms with Gasteiger partial charge in [0.1, 0.15) is 0 Å². The third-order valence-corrected chi connectivity index (χ3v) is 8.03. The Labute approximate surface area is 198 Å². The zero-order valence-electron chi connectivity index (χ0n) is 19.9. The number of hydrogen-bond acceptors (Lipinski definition) is 3. The molecule has 1 saturated heterocycles. The predicted octanol–water partition coefficient (Wildman–Crippen LogP) is 5.86. The van der Waals surface area contributed by atoms with E-state index in [0.29, 0.717) is 5.92 Å². The normalized spacial score (nSPS) is 23.6. The molecule has 3 aromatic carbocycles. The summed E-state index contributed by atoms with van der Waals surface area (Å²) in [4.78, 5) is 0. The standard InChI is InChI=1S/C30H38N2O/c1-22(28-14-8-11-25-10-3-4-13-29(25)28)32-30(15-5-2-6-16-30)26-12-7-9-23(18-26)17-24-19-27(21-33)31-20-24/h3-4,7-14,18,22,24,27,31-33H,2,5-6,15-17,19-21H2,1H3. The van der Waals surface area contributed by atoms with E-state index in [9.17, 15) is 5.11 Å². The van der Waals surface area contributed by atoms with Gasteiger partial charge in [-0.15, -0.1) is 0 Å². The first kappa shape index (κ1) is 22.6. The molecule has 3 N–H and O–H groups in total. The molecule has 3 heteroatoms. The molecule has 5 rings (SSSR count). The SMILES string of the molecule is CC(NC1(c2cccc(CC3CNC(CO)C3)c2)CCCCC1)c1cccc2ccccc12. The molecule has 1 heterocycles. The van der Waals surface area contributed by atoms with Crippen LogP contribution in [0.15, 0.2) is 66.7 Å². The molecule has 1 saturated carbocycles. The summed E-state index contributed by atoms with van der Waals surface area (Å²) >= 11 is 0. The van der Waals surface area contributed by atoms with Crippen LogP contribution in [0.2, 0.25) is 0 Å². The lowest BCUT2D eigenvalue weighted by Gasteiger charge is -2.41. The fraction of sp³-hybridized carbons (Fsp3) is 0.467. The van der Waals surface area contributed by atoms with Crippen molar-refractivity contribution in [2.24, 2.45) is 5.92 Å². The van der Waals surface area contributed by atoms with Crippen LogP contribution >= 0.6 is 0 Å². The lowest BCUT2D eigenvalue weighted by molar-refractivity contribution is 0.213. The molecule has 0 spiro atoms. The number of hydrogen-bond donors (Lipinski definition) is 3. The van der Waals surface area contributed by atoms with Crippen LogP contribution in [0.25, 0.3) is 10.8 Å². The zero-order valence-corrected chi connectivity index (χ0v) is 19.9. The number of aliphatic hydroxyl groups excluding tert-OH is 1. The van der Waals surface area contributed by atoms with Crippen molar-refractivity contribution in [1.82, 2.24) is 10.6 Å². The molecule has 2 aliphatic rings. The Kier molecular flexibility index (Phi) is 6.82. The highest BCUT2D eigenvalue weighted by Gasteiger charge is 2.35. The molecular weight excluding hydrogens is 404 g/mol. The van der Waals surface area contributed by atoms with Crippen molar-refractivity contribution in [2.45, 2.75) is 69.5 Å². The van der Waals surface area contributed by atoms with Gasteiger partial charge in [0.05, 0.1) is 6.61 Å². The highest BCUT2D eigenvalue weighted by atomic mass is 16.3. The third-order valence-electron chi connectivity index (χ3n) is 8.03. The van der Waals surface area contributed by atoms with Gasteiger partial charge in [0.25, 0.3) is 0 Å². The minimum Gasteiger partial charge on any atom is -0.395 e. The van der Waals surface area contributed by atoms with E-state index in [-0.39, 0.29) is 24.2 Å². The van der Waals surface area contributed by atoms with Gasteiger partial charge in [-0.3, -0.25) is 0 Å². The summed E-state index contributed by atoms with van der Waals surface area (Å²) in [5.74, 6) is 0.613. The smallest absolute Gasteiger partial charge is 0.0584 e. The van der Waals surface area contributed by atoms with Crippen LogP contribution in [0.1, 0.15) is 68.2 Å². The second-order valence-corrected chi connectivity index (χ2v) is 10.4. The van der Waals surface area contributed by atoms with Crippen molar-refractivity contribution in [2.75, 3.05) is 13.2 Å². The first-order valence-electron chi connectivity index (χ1n) is 12.9. The average Bonchev–Trinajstić information content (AvgIpc) is 3.32. The summed E-state index contributed by atoms with van der Waals surface area (Å²) in [6.07, 6.45) is 8.46. The molecule has 2 fully saturated rings. The molecular formula is C30H38N2O. The summed E-state index contributed by atoms with van der Waals surface area (Å²) in [7, 11) is 0. The topological polar surface area (TPSA) is 44.3 Å². The molecule has 33 heavy (non-hydrogen) atoms. The number of nitrogens with one attached hydrogen (secondary N) is 2. The lowest BCUT2D eigenvalue weighted by atomic mass is 9.75. The van der Waals surface area contributed by atoms with Crippen molar-refractivity contribution in [3.63, 3.8) is 0 Å². The molecule has 3 unspecified atom stereocenters. The Balaban J connectivity index is 1.41. The van der Waals surface area contributed by atoms with Crippen LogP contribution < -0.4 is 10.6 Å². The van der Waals surface area contributed by atoms with E-state index in [1.807, 2.05) is 0 Å². The van der Waals surface area contributed by atoms with Crippen LogP contribution in [0.4, 0.5) is 0 Å². The second-order valence-electron chi connectivity index (χ2n) is 10.4. The maximum absolute atomic E-state index is 9.47. The van der Waals surface area contributed by atoms with Crippen LogP contribution in [0.3, 0.4) is 0 Å². The quantitative estimate of drug-likeness (QED) is 0.429. The minimum atomic E-state index is 0.0339. The van der Waals surface area contributed by atoms with Gasteiger partial charge in [0.15, 0.2) is 0 Å². The summed E-state index contributed by atoms with van der Waals surface area (Å²) in [5.41, 5.74) is 4.31. The monoisotopic (exact) mass is 442 g/mol. The zero-order chi connectivity index (χ0) is 22.7. The van der Waals surface area contributed by atoms with Crippen LogP contribution in [-0.2, 0) is 12.0 Å². The van der Waals surface area contributed by atoms with Crippen molar-refractivity contribution in [3.8, 4) is 0 Å². The van der Waals surface area contributed by atoms with Crippen molar-refractivity contribution in [1.29, 1.82) is 0 Å². The number of aliphatic hydroxyl groups is 1. The molecule has 3 nitrogen and oxygen atoms in total. The van der Waals surface area contributed by atoms with E-state index in [4.69, 9.17) is 0 Å². The first-order valence-corrected chi connectivity index (χ1v) is 12.9. The summed E-state index contributed by atoms with van der Waals surface area (Å²) in [6.45, 7) is 3.59. The lowest BCUT2D eigenvalue weighted by Crippen LogP contribution is -2.45. The van der Waals surface area contributed by atoms with Crippen molar-refractivity contribution < 1.29 is 5.11 Å². The van der Waals surface area contributed by atoms with Gasteiger partial charge in [0.2, 0.25) is 0 Å². The molecule has 1 aliphatic carbocycles. The largest absolute Gasteiger partial charge is 0.395 e. The molecule has 0 aromatic heterocycles. The molecule has 0 radical (unpaired) electrons. The Morgan fingerprint density at radius 3 is 2.61 bits per heavy atom. The fourth-order valence-corrected chi connectivity index (χ4v) is 6.32. The van der Waals surface area contributed by atoms with Crippen molar-refractivity contribution >= 4 is 10.8 Å². The number of benzene rings is 3. The summed E-state index contributed by atoms with van der Waals surface area (Å²) < 4.78 is 0. The maximum Gasteiger partial charge on any atom is 0.0584 e. The van der Waals surface area contributed by atoms with Crippen molar-refractivity contribution in [3.05, 3.63) is 83.4 Å². The Hall–Kier alpha value is -2.20. The second kappa shape index (κ2) is 9.97.